The predicted molar refractivity (Wildman–Crippen MR) is 316 cm³/mol. The second-order valence-corrected chi connectivity index (χ2v) is 24.8. The largest absolute Gasteiger partial charge is 0.490 e. The van der Waals surface area contributed by atoms with E-state index in [0.29, 0.717) is 39.6 Å². The molecule has 0 unspecified atom stereocenters. The molecule has 0 atom stereocenters. The van der Waals surface area contributed by atoms with Gasteiger partial charge in [-0.1, -0.05) is 151 Å². The molecule has 0 spiro atoms. The topological polar surface area (TPSA) is 55.4 Å². The Hall–Kier alpha value is -3.78. The van der Waals surface area contributed by atoms with E-state index in [1.807, 2.05) is 70.6 Å². The van der Waals surface area contributed by atoms with Gasteiger partial charge in [0.1, 0.15) is 0 Å². The first-order valence-corrected chi connectivity index (χ1v) is 31.6. The van der Waals surface area contributed by atoms with Gasteiger partial charge in [-0.05, 0) is 157 Å². The van der Waals surface area contributed by atoms with Gasteiger partial charge in [-0.15, -0.1) is 0 Å². The van der Waals surface area contributed by atoms with Gasteiger partial charge in [0.05, 0.1) is 52.4 Å². The van der Waals surface area contributed by atoms with Crippen molar-refractivity contribution in [1.82, 2.24) is 0 Å². The molecule has 0 amide bonds. The third kappa shape index (κ3) is 10.1. The molecule has 0 N–H and O–H groups in total. The molecule has 4 aromatic rings. The predicted octanol–water partition coefficient (Wildman–Crippen LogP) is 19.7. The van der Waals surface area contributed by atoms with Crippen LogP contribution < -0.4 is 28.4 Å². The summed E-state index contributed by atoms with van der Waals surface area (Å²) in [5, 5.41) is 13.4. The summed E-state index contributed by atoms with van der Waals surface area (Å²) < 4.78 is 44.5. The second kappa shape index (κ2) is 24.3. The Morgan fingerprint density at radius 3 is 0.653 bits per heavy atom. The Kier molecular flexibility index (Phi) is 17.4. The van der Waals surface area contributed by atoms with Gasteiger partial charge in [0, 0.05) is 33.4 Å². The summed E-state index contributed by atoms with van der Waals surface area (Å²) in [6.45, 7) is 17.1. The zero-order valence-electron chi connectivity index (χ0n) is 42.6. The van der Waals surface area contributed by atoms with Crippen LogP contribution >= 0.6 is 70.6 Å². The first-order chi connectivity index (χ1) is 35.5. The van der Waals surface area contributed by atoms with E-state index in [2.05, 4.69) is 110 Å². The van der Waals surface area contributed by atoms with Crippen LogP contribution in [0.5, 0.6) is 34.5 Å². The van der Waals surface area contributed by atoms with Crippen molar-refractivity contribution in [2.24, 2.45) is 0 Å². The molecule has 12 heteroatoms. The van der Waals surface area contributed by atoms with Crippen LogP contribution in [0, 0.1) is 0 Å². The fourth-order valence-electron chi connectivity index (χ4n) is 9.88. The molecule has 6 aliphatic rings. The van der Waals surface area contributed by atoms with Crippen LogP contribution in [0.3, 0.4) is 0 Å². The maximum absolute atomic E-state index is 6.81. The van der Waals surface area contributed by atoms with Crippen LogP contribution in [0.2, 0.25) is 0 Å². The second-order valence-electron chi connectivity index (χ2n) is 18.5. The highest BCUT2D eigenvalue weighted by atomic mass is 32.2. The standard InChI is InChI=1S/C60H66O6S6/c1-7-13-19-61-43-31-37-40(34-46(43)64-22-16-10-4)52(58-67-25-26-68-58)55-49(37)56-51(38-32-44(62-20-14-8-2)47(65-23-17-11-5)35-41(38)53(56)59-69-27-28-70-59)57-50(55)39-33-45(63-21-15-9-3)48(66-24-18-12-6)36-42(39)54(57)60-71-29-30-72-60/h25-36H,7-24H2,1-6H3. The lowest BCUT2D eigenvalue weighted by Crippen LogP contribution is -2.03. The van der Waals surface area contributed by atoms with E-state index < -0.39 is 0 Å². The van der Waals surface area contributed by atoms with Gasteiger partial charge in [-0.3, -0.25) is 0 Å². The van der Waals surface area contributed by atoms with Crippen molar-refractivity contribution in [1.29, 1.82) is 0 Å². The minimum Gasteiger partial charge on any atom is -0.490 e. The number of unbranched alkanes of at least 4 members (excludes halogenated alkanes) is 6. The monoisotopic (exact) mass is 1070 g/mol. The summed E-state index contributed by atoms with van der Waals surface area (Å²) in [6, 6.07) is 13.9. The third-order valence-electron chi connectivity index (χ3n) is 13.5. The molecular formula is C60H66O6S6. The first kappa shape index (κ1) is 51.7. The molecule has 72 heavy (non-hydrogen) atoms. The van der Waals surface area contributed by atoms with Crippen LogP contribution in [0.15, 0.2) is 81.6 Å². The van der Waals surface area contributed by atoms with Crippen LogP contribution in [-0.4, -0.2) is 39.6 Å². The van der Waals surface area contributed by atoms with Crippen LogP contribution in [0.25, 0.3) is 50.1 Å². The van der Waals surface area contributed by atoms with Gasteiger partial charge in [-0.2, -0.15) is 0 Å². The number of benzene rings is 4. The molecule has 0 aromatic heterocycles. The summed E-state index contributed by atoms with van der Waals surface area (Å²) in [5.74, 6) is 4.83. The SMILES string of the molecule is CCCCOc1cc2c(cc1OCCCC)-c1c(c3c(c4c1C(=C1SC=CS1)c1cc(OCCCC)c(OCCCC)cc1-4)C(=C1SC=CS1)c1cc(OCCCC)c(OCCCC)cc1-3)C2=C1SC=CS1. The van der Waals surface area contributed by atoms with Crippen molar-refractivity contribution in [2.75, 3.05) is 39.6 Å². The van der Waals surface area contributed by atoms with Crippen molar-refractivity contribution in [2.45, 2.75) is 119 Å². The summed E-state index contributed by atoms with van der Waals surface area (Å²) in [5.41, 5.74) is 18.3. The van der Waals surface area contributed by atoms with Crippen LogP contribution in [0.4, 0.5) is 0 Å². The number of rotatable bonds is 24. The van der Waals surface area contributed by atoms with Gasteiger partial charge in [0.25, 0.3) is 0 Å². The Morgan fingerprint density at radius 2 is 0.458 bits per heavy atom. The normalized spacial score (nSPS) is 15.4. The number of hydrogen-bond acceptors (Lipinski definition) is 12. The Balaban J connectivity index is 1.36. The Morgan fingerprint density at radius 1 is 0.264 bits per heavy atom. The van der Waals surface area contributed by atoms with Crippen molar-refractivity contribution < 1.29 is 28.4 Å². The average molecular weight is 1080 g/mol. The van der Waals surface area contributed by atoms with E-state index in [1.54, 1.807) is 0 Å². The number of thioether (sulfide) groups is 6. The molecule has 0 radical (unpaired) electrons. The Bertz CT molecular complexity index is 2550. The minimum atomic E-state index is 0.622. The van der Waals surface area contributed by atoms with Crippen LogP contribution in [0.1, 0.15) is 152 Å². The third-order valence-corrected chi connectivity index (χ3v) is 19.9. The highest BCUT2D eigenvalue weighted by Crippen LogP contribution is 2.70. The van der Waals surface area contributed by atoms with E-state index >= 15 is 0 Å². The summed E-state index contributed by atoms with van der Waals surface area (Å²) in [4.78, 5) is 0. The van der Waals surface area contributed by atoms with Gasteiger partial charge in [-0.25, -0.2) is 0 Å². The zero-order valence-corrected chi connectivity index (χ0v) is 47.5. The van der Waals surface area contributed by atoms with Crippen molar-refractivity contribution in [3.05, 3.63) is 115 Å². The molecule has 3 heterocycles. The summed E-state index contributed by atoms with van der Waals surface area (Å²) in [6.07, 6.45) is 12.1. The fraction of sp³-hybridized carbons (Fsp3) is 0.400. The molecular weight excluding hydrogens is 1010 g/mol. The lowest BCUT2D eigenvalue weighted by molar-refractivity contribution is 0.262. The average Bonchev–Trinajstić information content (AvgIpc) is 4.27. The lowest BCUT2D eigenvalue weighted by Gasteiger charge is -2.20. The quantitative estimate of drug-likeness (QED) is 0.0542. The number of hydrogen-bond donors (Lipinski definition) is 0. The van der Waals surface area contributed by atoms with Crippen molar-refractivity contribution in [3.63, 3.8) is 0 Å². The van der Waals surface area contributed by atoms with Crippen molar-refractivity contribution in [3.8, 4) is 67.9 Å². The highest BCUT2D eigenvalue weighted by molar-refractivity contribution is 8.28. The highest BCUT2D eigenvalue weighted by Gasteiger charge is 2.46. The van der Waals surface area contributed by atoms with Gasteiger partial charge in [0.15, 0.2) is 34.5 Å². The van der Waals surface area contributed by atoms with E-state index in [0.717, 1.165) is 112 Å². The molecule has 0 fully saturated rings. The van der Waals surface area contributed by atoms with Crippen molar-refractivity contribution >= 4 is 87.3 Å². The van der Waals surface area contributed by atoms with Gasteiger partial charge in [0.2, 0.25) is 0 Å². The molecule has 378 valence electrons. The molecule has 3 aliphatic carbocycles. The fourth-order valence-corrected chi connectivity index (χ4v) is 15.6. The molecule has 6 nitrogen and oxygen atoms in total. The van der Waals surface area contributed by atoms with E-state index in [4.69, 9.17) is 28.4 Å². The van der Waals surface area contributed by atoms with Gasteiger partial charge < -0.3 is 28.4 Å². The molecule has 10 rings (SSSR count). The maximum atomic E-state index is 6.81. The number of fused-ring (bicyclic) bond motifs is 12. The molecule has 3 aliphatic heterocycles. The van der Waals surface area contributed by atoms with E-state index in [1.165, 1.54) is 96.2 Å². The molecule has 0 bridgehead atoms. The number of ether oxygens (including phenoxy) is 6. The van der Waals surface area contributed by atoms with E-state index in [9.17, 15) is 0 Å². The zero-order chi connectivity index (χ0) is 49.6. The molecule has 0 saturated carbocycles. The summed E-state index contributed by atoms with van der Waals surface area (Å²) in [7, 11) is 0. The minimum absolute atomic E-state index is 0.622. The maximum Gasteiger partial charge on any atom is 0.161 e. The first-order valence-electron chi connectivity index (χ1n) is 26.3. The van der Waals surface area contributed by atoms with Gasteiger partial charge >= 0.3 is 0 Å². The molecule has 0 saturated heterocycles. The lowest BCUT2D eigenvalue weighted by atomic mass is 9.84. The molecule has 4 aromatic carbocycles. The van der Waals surface area contributed by atoms with Crippen LogP contribution in [-0.2, 0) is 0 Å². The smallest absolute Gasteiger partial charge is 0.161 e. The summed E-state index contributed by atoms with van der Waals surface area (Å²) >= 11 is 10.9. The Labute approximate surface area is 453 Å². The van der Waals surface area contributed by atoms with E-state index in [-0.39, 0.29) is 0 Å².